The van der Waals surface area contributed by atoms with Crippen LogP contribution in [0.15, 0.2) is 18.2 Å². The van der Waals surface area contributed by atoms with Crippen molar-refractivity contribution >= 4 is 0 Å². The molecule has 1 aromatic rings. The van der Waals surface area contributed by atoms with E-state index in [1.165, 1.54) is 5.56 Å². The predicted molar refractivity (Wildman–Crippen MR) is 79.2 cm³/mol. The van der Waals surface area contributed by atoms with E-state index in [1.54, 1.807) is 0 Å². The third kappa shape index (κ3) is 2.63. The Kier molecular flexibility index (Phi) is 4.13. The van der Waals surface area contributed by atoms with E-state index >= 15 is 0 Å². The van der Waals surface area contributed by atoms with Gasteiger partial charge in [0.15, 0.2) is 11.5 Å². The van der Waals surface area contributed by atoms with Crippen molar-refractivity contribution in [2.75, 3.05) is 26.3 Å². The Labute approximate surface area is 120 Å². The molecule has 1 fully saturated rings. The van der Waals surface area contributed by atoms with Gasteiger partial charge in [-0.1, -0.05) is 13.0 Å². The van der Waals surface area contributed by atoms with Gasteiger partial charge in [-0.3, -0.25) is 4.90 Å². The number of nitrogens with zero attached hydrogens (tertiary/aromatic N) is 1. The van der Waals surface area contributed by atoms with Gasteiger partial charge in [-0.2, -0.15) is 0 Å². The summed E-state index contributed by atoms with van der Waals surface area (Å²) < 4.78 is 11.5. The first-order valence-electron chi connectivity index (χ1n) is 7.68. The van der Waals surface area contributed by atoms with Crippen molar-refractivity contribution in [1.82, 2.24) is 4.90 Å². The van der Waals surface area contributed by atoms with Crippen molar-refractivity contribution in [3.63, 3.8) is 0 Å². The summed E-state index contributed by atoms with van der Waals surface area (Å²) in [5.74, 6) is 1.73. The molecule has 0 spiro atoms. The van der Waals surface area contributed by atoms with Crippen LogP contribution in [0.5, 0.6) is 11.5 Å². The van der Waals surface area contributed by atoms with E-state index in [2.05, 4.69) is 24.0 Å². The van der Waals surface area contributed by atoms with Crippen LogP contribution in [0.1, 0.15) is 37.8 Å². The van der Waals surface area contributed by atoms with Crippen LogP contribution >= 0.6 is 0 Å². The van der Waals surface area contributed by atoms with E-state index in [0.717, 1.165) is 57.1 Å². The fraction of sp³-hybridized carbons (Fsp3) is 0.625. The van der Waals surface area contributed by atoms with Crippen LogP contribution in [0.25, 0.3) is 0 Å². The Morgan fingerprint density at radius 2 is 2.05 bits per heavy atom. The zero-order valence-corrected chi connectivity index (χ0v) is 12.2. The summed E-state index contributed by atoms with van der Waals surface area (Å²) in [5.41, 5.74) is 7.58. The molecule has 110 valence electrons. The molecule has 0 radical (unpaired) electrons. The fourth-order valence-corrected chi connectivity index (χ4v) is 3.24. The fourth-order valence-electron chi connectivity index (χ4n) is 3.24. The lowest BCUT2D eigenvalue weighted by molar-refractivity contribution is 0.247. The van der Waals surface area contributed by atoms with Gasteiger partial charge in [0.1, 0.15) is 0 Å². The minimum absolute atomic E-state index is 0.214. The van der Waals surface area contributed by atoms with Gasteiger partial charge in [-0.05, 0) is 37.1 Å². The van der Waals surface area contributed by atoms with E-state index in [4.69, 9.17) is 15.2 Å². The van der Waals surface area contributed by atoms with E-state index in [9.17, 15) is 0 Å². The summed E-state index contributed by atoms with van der Waals surface area (Å²) in [6.07, 6.45) is 3.17. The smallest absolute Gasteiger partial charge is 0.161 e. The van der Waals surface area contributed by atoms with Crippen LogP contribution < -0.4 is 15.2 Å². The molecule has 0 bridgehead atoms. The number of likely N-dealkylation sites (tertiary alicyclic amines) is 1. The van der Waals surface area contributed by atoms with Crippen molar-refractivity contribution < 1.29 is 9.47 Å². The number of hydrogen-bond donors (Lipinski definition) is 1. The number of hydrogen-bond acceptors (Lipinski definition) is 4. The van der Waals surface area contributed by atoms with Crippen LogP contribution in [0.3, 0.4) is 0 Å². The molecule has 0 amide bonds. The van der Waals surface area contributed by atoms with Gasteiger partial charge in [0.2, 0.25) is 0 Å². The molecule has 0 aliphatic carbocycles. The molecule has 20 heavy (non-hydrogen) atoms. The molecule has 2 N–H and O–H groups in total. The molecular formula is C16H24N2O2. The third-order valence-corrected chi connectivity index (χ3v) is 4.17. The number of fused-ring (bicyclic) bond motifs is 1. The van der Waals surface area contributed by atoms with E-state index in [0.29, 0.717) is 6.04 Å². The average Bonchev–Trinajstić information content (AvgIpc) is 2.68. The molecule has 1 saturated heterocycles. The quantitative estimate of drug-likeness (QED) is 0.920. The highest BCUT2D eigenvalue weighted by molar-refractivity contribution is 5.44. The van der Waals surface area contributed by atoms with Gasteiger partial charge in [-0.15, -0.1) is 0 Å². The Morgan fingerprint density at radius 1 is 1.25 bits per heavy atom. The summed E-state index contributed by atoms with van der Waals surface area (Å²) in [4.78, 5) is 2.49. The molecule has 2 aliphatic heterocycles. The molecule has 2 heterocycles. The number of nitrogens with two attached hydrogens (primary N) is 1. The SMILES string of the molecule is CCCN1CCC(N)C1c1ccc2c(c1)OCCCO2. The zero-order chi connectivity index (χ0) is 13.9. The largest absolute Gasteiger partial charge is 0.490 e. The summed E-state index contributed by atoms with van der Waals surface area (Å²) >= 11 is 0. The minimum Gasteiger partial charge on any atom is -0.490 e. The summed E-state index contributed by atoms with van der Waals surface area (Å²) in [6.45, 7) is 5.87. The third-order valence-electron chi connectivity index (χ3n) is 4.17. The van der Waals surface area contributed by atoms with Crippen molar-refractivity contribution in [1.29, 1.82) is 0 Å². The standard InChI is InChI=1S/C16H24N2O2/c1-2-7-18-8-6-13(17)16(18)12-4-5-14-15(11-12)20-10-3-9-19-14/h4-5,11,13,16H,2-3,6-10,17H2,1H3. The highest BCUT2D eigenvalue weighted by Crippen LogP contribution is 2.37. The molecule has 2 unspecified atom stereocenters. The first-order chi connectivity index (χ1) is 9.79. The van der Waals surface area contributed by atoms with E-state index in [1.807, 2.05) is 6.07 Å². The molecule has 3 rings (SSSR count). The van der Waals surface area contributed by atoms with Crippen molar-refractivity contribution in [3.8, 4) is 11.5 Å². The van der Waals surface area contributed by atoms with Gasteiger partial charge >= 0.3 is 0 Å². The second kappa shape index (κ2) is 6.02. The Bertz CT molecular complexity index is 462. The van der Waals surface area contributed by atoms with Gasteiger partial charge < -0.3 is 15.2 Å². The van der Waals surface area contributed by atoms with Gasteiger partial charge in [0.05, 0.1) is 19.3 Å². The van der Waals surface area contributed by atoms with Gasteiger partial charge in [0, 0.05) is 19.0 Å². The molecule has 2 aliphatic rings. The zero-order valence-electron chi connectivity index (χ0n) is 12.2. The monoisotopic (exact) mass is 276 g/mol. The Hall–Kier alpha value is -1.26. The first kappa shape index (κ1) is 13.7. The number of rotatable bonds is 3. The van der Waals surface area contributed by atoms with Gasteiger partial charge in [0.25, 0.3) is 0 Å². The van der Waals surface area contributed by atoms with Crippen LogP contribution in [0.4, 0.5) is 0 Å². The predicted octanol–water partition coefficient (Wildman–Crippen LogP) is 2.33. The second-order valence-corrected chi connectivity index (χ2v) is 5.69. The van der Waals surface area contributed by atoms with Crippen LogP contribution in [0, 0.1) is 0 Å². The van der Waals surface area contributed by atoms with Crippen LogP contribution in [-0.4, -0.2) is 37.2 Å². The normalized spacial score (nSPS) is 26.5. The number of benzene rings is 1. The van der Waals surface area contributed by atoms with Crippen molar-refractivity contribution in [2.45, 2.75) is 38.3 Å². The van der Waals surface area contributed by atoms with Crippen molar-refractivity contribution in [3.05, 3.63) is 23.8 Å². The molecular weight excluding hydrogens is 252 g/mol. The molecule has 4 heteroatoms. The lowest BCUT2D eigenvalue weighted by Crippen LogP contribution is -2.32. The van der Waals surface area contributed by atoms with Crippen LogP contribution in [0.2, 0.25) is 0 Å². The maximum absolute atomic E-state index is 6.32. The molecule has 0 saturated carbocycles. The Balaban J connectivity index is 1.87. The average molecular weight is 276 g/mol. The number of ether oxygens (including phenoxy) is 2. The summed E-state index contributed by atoms with van der Waals surface area (Å²) in [5, 5.41) is 0. The maximum atomic E-state index is 6.32. The molecule has 0 aromatic heterocycles. The first-order valence-corrected chi connectivity index (χ1v) is 7.68. The lowest BCUT2D eigenvalue weighted by Gasteiger charge is -2.27. The molecule has 2 atom stereocenters. The lowest BCUT2D eigenvalue weighted by atomic mass is 10.00. The minimum atomic E-state index is 0.214. The second-order valence-electron chi connectivity index (χ2n) is 5.69. The Morgan fingerprint density at radius 3 is 2.85 bits per heavy atom. The highest BCUT2D eigenvalue weighted by atomic mass is 16.5. The maximum Gasteiger partial charge on any atom is 0.161 e. The van der Waals surface area contributed by atoms with E-state index < -0.39 is 0 Å². The highest BCUT2D eigenvalue weighted by Gasteiger charge is 2.32. The van der Waals surface area contributed by atoms with Crippen LogP contribution in [-0.2, 0) is 0 Å². The summed E-state index contributed by atoms with van der Waals surface area (Å²) in [6, 6.07) is 6.83. The molecule has 4 nitrogen and oxygen atoms in total. The van der Waals surface area contributed by atoms with Gasteiger partial charge in [-0.25, -0.2) is 0 Å². The summed E-state index contributed by atoms with van der Waals surface area (Å²) in [7, 11) is 0. The molecule has 1 aromatic carbocycles. The van der Waals surface area contributed by atoms with Crippen molar-refractivity contribution in [2.24, 2.45) is 5.73 Å². The topological polar surface area (TPSA) is 47.7 Å². The van der Waals surface area contributed by atoms with E-state index in [-0.39, 0.29) is 6.04 Å².